The normalized spacial score (nSPS) is 16.0. The van der Waals surface area contributed by atoms with Gasteiger partial charge in [-0.2, -0.15) is 0 Å². The average molecular weight is 456 g/mol. The molecule has 11 heteroatoms. The molecule has 1 unspecified atom stereocenters. The molecule has 1 atom stereocenters. The number of anilines is 1. The van der Waals surface area contributed by atoms with Crippen LogP contribution in [0.25, 0.3) is 0 Å². The fraction of sp³-hybridized carbons (Fsp3) is 0.222. The summed E-state index contributed by atoms with van der Waals surface area (Å²) in [6, 6.07) is 4.66. The van der Waals surface area contributed by atoms with Crippen LogP contribution in [0.1, 0.15) is 27.9 Å². The second-order valence-electron chi connectivity index (χ2n) is 6.29. The largest absolute Gasteiger partial charge is 0.454 e. The van der Waals surface area contributed by atoms with Gasteiger partial charge < -0.3 is 14.0 Å². The van der Waals surface area contributed by atoms with Crippen LogP contribution in [0, 0.1) is 13.8 Å². The van der Waals surface area contributed by atoms with Crippen LogP contribution in [0.5, 0.6) is 11.5 Å². The summed E-state index contributed by atoms with van der Waals surface area (Å²) in [5.41, 5.74) is 1.75. The van der Waals surface area contributed by atoms with E-state index in [1.165, 1.54) is 11.4 Å². The van der Waals surface area contributed by atoms with Crippen LogP contribution >= 0.6 is 22.9 Å². The molecule has 1 aliphatic rings. The fourth-order valence-electron chi connectivity index (χ4n) is 2.77. The molecule has 0 saturated heterocycles. The summed E-state index contributed by atoms with van der Waals surface area (Å²) in [6.07, 6.45) is -0.0453. The van der Waals surface area contributed by atoms with Crippen molar-refractivity contribution >= 4 is 44.6 Å². The van der Waals surface area contributed by atoms with Gasteiger partial charge in [-0.05, 0) is 48.6 Å². The number of fused-ring (bicyclic) bond motifs is 1. The highest BCUT2D eigenvalue weighted by Gasteiger charge is 2.27. The van der Waals surface area contributed by atoms with Crippen molar-refractivity contribution in [2.45, 2.75) is 25.2 Å². The molecular weight excluding hydrogens is 440 g/mol. The van der Waals surface area contributed by atoms with Crippen molar-refractivity contribution in [3.63, 3.8) is 0 Å². The van der Waals surface area contributed by atoms with E-state index < -0.39 is 16.8 Å². The van der Waals surface area contributed by atoms with Gasteiger partial charge in [-0.3, -0.25) is 4.79 Å². The first-order valence-corrected chi connectivity index (χ1v) is 11.0. The Morgan fingerprint density at radius 2 is 2.07 bits per heavy atom. The topological polar surface area (TPSA) is 108 Å². The molecule has 1 N–H and O–H groups in total. The molecule has 0 aliphatic carbocycles. The Morgan fingerprint density at radius 3 is 2.76 bits per heavy atom. The lowest BCUT2D eigenvalue weighted by molar-refractivity contribution is 0.0994. The van der Waals surface area contributed by atoms with Crippen LogP contribution in [0.4, 0.5) is 5.88 Å². The van der Waals surface area contributed by atoms with Crippen molar-refractivity contribution in [1.29, 1.82) is 0 Å². The van der Waals surface area contributed by atoms with E-state index in [1.807, 2.05) is 0 Å². The van der Waals surface area contributed by atoms with E-state index in [-0.39, 0.29) is 32.9 Å². The van der Waals surface area contributed by atoms with Crippen LogP contribution in [0.3, 0.4) is 0 Å². The summed E-state index contributed by atoms with van der Waals surface area (Å²) in [5, 5.41) is 5.17. The summed E-state index contributed by atoms with van der Waals surface area (Å²) in [6.45, 7) is 2.22. The van der Waals surface area contributed by atoms with E-state index in [9.17, 15) is 13.2 Å². The van der Waals surface area contributed by atoms with Gasteiger partial charge in [-0.25, -0.2) is 13.1 Å². The molecule has 1 aromatic carbocycles. The molecule has 4 rings (SSSR count). The number of hydrogen-bond acceptors (Lipinski definition) is 8. The van der Waals surface area contributed by atoms with Gasteiger partial charge in [0.1, 0.15) is 17.0 Å². The summed E-state index contributed by atoms with van der Waals surface area (Å²) < 4.78 is 50.7. The van der Waals surface area contributed by atoms with E-state index in [0.717, 1.165) is 16.9 Å². The van der Waals surface area contributed by atoms with Crippen molar-refractivity contribution in [1.82, 2.24) is 5.16 Å². The minimum atomic E-state index is -4.12. The standard InChI is InChI=1S/C18H15ClN2O6S2/c1-9-5-13-14(26-8-25-13)7-11(9)6-12(22)17-15(3-4-28-17)29(23,24)21-18-16(19)10(2)20-27-18/h3-5,7,21H,6,8H2,1-2H3/i8D. The number of Topliss-reactive ketones (excluding diaryl/α,β-unsaturated/α-hetero) is 1. The lowest BCUT2D eigenvalue weighted by Gasteiger charge is -2.09. The van der Waals surface area contributed by atoms with Gasteiger partial charge in [0.2, 0.25) is 6.77 Å². The molecule has 0 saturated carbocycles. The lowest BCUT2D eigenvalue weighted by Crippen LogP contribution is -2.16. The number of hydrogen-bond donors (Lipinski definition) is 1. The maximum atomic E-state index is 12.9. The molecule has 0 bridgehead atoms. The molecule has 0 amide bonds. The summed E-state index contributed by atoms with van der Waals surface area (Å²) >= 11 is 7.00. The Morgan fingerprint density at radius 1 is 1.34 bits per heavy atom. The Bertz CT molecular complexity index is 1250. The highest BCUT2D eigenvalue weighted by Crippen LogP contribution is 2.36. The summed E-state index contributed by atoms with van der Waals surface area (Å²) in [5.74, 6) is 0.218. The Kier molecular flexibility index (Phi) is 4.69. The molecule has 152 valence electrons. The van der Waals surface area contributed by atoms with Gasteiger partial charge in [0, 0.05) is 6.42 Å². The number of sulfonamides is 1. The van der Waals surface area contributed by atoms with Crippen LogP contribution < -0.4 is 14.2 Å². The van der Waals surface area contributed by atoms with Crippen LogP contribution in [0.15, 0.2) is 33.0 Å². The number of nitrogens with zero attached hydrogens (tertiary/aromatic N) is 1. The number of halogens is 1. The molecule has 29 heavy (non-hydrogen) atoms. The van der Waals surface area contributed by atoms with Crippen LogP contribution in [-0.4, -0.2) is 26.1 Å². The second-order valence-corrected chi connectivity index (χ2v) is 9.23. The van der Waals surface area contributed by atoms with Gasteiger partial charge in [-0.1, -0.05) is 16.8 Å². The first kappa shape index (κ1) is 18.5. The van der Waals surface area contributed by atoms with Crippen molar-refractivity contribution in [3.05, 3.63) is 50.3 Å². The Labute approximate surface area is 176 Å². The van der Waals surface area contributed by atoms with E-state index in [4.69, 9.17) is 27.0 Å². The number of aryl methyl sites for hydroxylation is 2. The van der Waals surface area contributed by atoms with Gasteiger partial charge >= 0.3 is 0 Å². The number of thiophene rings is 1. The van der Waals surface area contributed by atoms with Crippen molar-refractivity contribution < 1.29 is 28.6 Å². The molecule has 0 fully saturated rings. The quantitative estimate of drug-likeness (QED) is 0.560. The van der Waals surface area contributed by atoms with Gasteiger partial charge in [0.25, 0.3) is 15.9 Å². The fourth-order valence-corrected chi connectivity index (χ4v) is 5.33. The van der Waals surface area contributed by atoms with E-state index in [2.05, 4.69) is 9.88 Å². The minimum absolute atomic E-state index is 0.0453. The highest BCUT2D eigenvalue weighted by atomic mass is 35.5. The molecule has 3 heterocycles. The zero-order chi connectivity index (χ0) is 21.6. The molecule has 8 nitrogen and oxygen atoms in total. The first-order chi connectivity index (χ1) is 14.2. The summed E-state index contributed by atoms with van der Waals surface area (Å²) in [4.78, 5) is 12.8. The smallest absolute Gasteiger partial charge is 0.265 e. The monoisotopic (exact) mass is 455 g/mol. The maximum Gasteiger partial charge on any atom is 0.265 e. The van der Waals surface area contributed by atoms with E-state index in [1.54, 1.807) is 26.0 Å². The average Bonchev–Trinajstić information content (AvgIpc) is 3.37. The molecule has 3 aromatic rings. The van der Waals surface area contributed by atoms with Crippen LogP contribution in [-0.2, 0) is 16.4 Å². The SMILES string of the molecule is [2H]C1Oc2cc(C)c(CC(=O)c3sccc3S(=O)(=O)Nc3onc(C)c3Cl)cc2O1. The Balaban J connectivity index is 1.60. The van der Waals surface area contributed by atoms with Crippen molar-refractivity contribution in [2.75, 3.05) is 11.5 Å². The zero-order valence-corrected chi connectivity index (χ0v) is 17.6. The lowest BCUT2D eigenvalue weighted by atomic mass is 10.0. The maximum absolute atomic E-state index is 12.9. The first-order valence-electron chi connectivity index (χ1n) is 8.88. The number of benzene rings is 1. The van der Waals surface area contributed by atoms with E-state index in [0.29, 0.717) is 22.8 Å². The van der Waals surface area contributed by atoms with Gasteiger partial charge in [0.15, 0.2) is 17.3 Å². The third-order valence-corrected chi connectivity index (χ3v) is 7.20. The predicted molar refractivity (Wildman–Crippen MR) is 107 cm³/mol. The number of rotatable bonds is 6. The summed E-state index contributed by atoms with van der Waals surface area (Å²) in [7, 11) is -4.12. The van der Waals surface area contributed by atoms with Gasteiger partial charge in [0.05, 0.1) is 4.88 Å². The van der Waals surface area contributed by atoms with Crippen molar-refractivity contribution in [3.8, 4) is 11.5 Å². The number of ketones is 1. The van der Waals surface area contributed by atoms with Gasteiger partial charge in [-0.15, -0.1) is 11.3 Å². The third kappa shape index (κ3) is 3.70. The molecular formula is C18H15ClN2O6S2. The number of aromatic nitrogens is 1. The minimum Gasteiger partial charge on any atom is -0.454 e. The van der Waals surface area contributed by atoms with Crippen molar-refractivity contribution in [2.24, 2.45) is 0 Å². The van der Waals surface area contributed by atoms with Crippen LogP contribution in [0.2, 0.25) is 5.02 Å². The second kappa shape index (κ2) is 7.36. The molecule has 0 spiro atoms. The number of carbonyl (C=O) groups excluding carboxylic acids is 1. The number of ether oxygens (including phenoxy) is 2. The zero-order valence-electron chi connectivity index (χ0n) is 16.2. The molecule has 1 aliphatic heterocycles. The predicted octanol–water partition coefficient (Wildman–Crippen LogP) is 3.96. The number of carbonyl (C=O) groups is 1. The Hall–Kier alpha value is -2.56. The molecule has 0 radical (unpaired) electrons. The van der Waals surface area contributed by atoms with E-state index >= 15 is 0 Å². The highest BCUT2D eigenvalue weighted by molar-refractivity contribution is 7.93. The third-order valence-electron chi connectivity index (χ3n) is 4.29. The number of nitrogens with one attached hydrogen (secondary N) is 1. The molecule has 2 aromatic heterocycles.